The lowest BCUT2D eigenvalue weighted by Gasteiger charge is -2.28. The largest absolute Gasteiger partial charge is 0.491 e. The summed E-state index contributed by atoms with van der Waals surface area (Å²) < 4.78 is 46.4. The molecule has 3 N–H and O–H groups in total. The highest BCUT2D eigenvalue weighted by atomic mass is 19.4. The Morgan fingerprint density at radius 2 is 2.11 bits per heavy atom. The first-order chi connectivity index (χ1) is 18.2. The van der Waals surface area contributed by atoms with Crippen molar-refractivity contribution in [2.75, 3.05) is 35.2 Å². The maximum Gasteiger partial charge on any atom is 0.423 e. The molecular weight excluding hydrogens is 503 g/mol. The van der Waals surface area contributed by atoms with Crippen LogP contribution in [0.1, 0.15) is 30.4 Å². The highest BCUT2D eigenvalue weighted by molar-refractivity contribution is 5.91. The summed E-state index contributed by atoms with van der Waals surface area (Å²) in [6.07, 6.45) is -0.979. The fraction of sp³-hybridized carbons (Fsp3) is 0.320. The number of aromatic amines is 1. The fourth-order valence-corrected chi connectivity index (χ4v) is 4.15. The summed E-state index contributed by atoms with van der Waals surface area (Å²) >= 11 is 0. The van der Waals surface area contributed by atoms with Gasteiger partial charge in [0.15, 0.2) is 0 Å². The van der Waals surface area contributed by atoms with Crippen LogP contribution in [0.4, 0.5) is 30.4 Å². The van der Waals surface area contributed by atoms with Gasteiger partial charge in [0.2, 0.25) is 5.91 Å². The van der Waals surface area contributed by atoms with E-state index in [0.29, 0.717) is 48.7 Å². The molecule has 4 rings (SSSR count). The molecule has 1 fully saturated rings. The SMILES string of the molecule is N#Cc1ccc(NCCC(=O)Nc2cccc(OC[C@@H]3CCCN3c3cn[nH]c(=O)c3C(F)(F)F)c2)nc1. The van der Waals surface area contributed by atoms with Crippen LogP contribution < -0.4 is 25.8 Å². The van der Waals surface area contributed by atoms with E-state index in [1.54, 1.807) is 36.4 Å². The van der Waals surface area contributed by atoms with Crippen LogP contribution in [-0.2, 0) is 11.0 Å². The third-order valence-electron chi connectivity index (χ3n) is 5.92. The number of hydrogen-bond donors (Lipinski definition) is 3. The van der Waals surface area contributed by atoms with E-state index in [-0.39, 0.29) is 30.7 Å². The first kappa shape index (κ1) is 26.5. The Balaban J connectivity index is 1.32. The predicted molar refractivity (Wildman–Crippen MR) is 133 cm³/mol. The molecule has 1 atom stereocenters. The van der Waals surface area contributed by atoms with Gasteiger partial charge < -0.3 is 20.3 Å². The van der Waals surface area contributed by atoms with Crippen molar-refractivity contribution in [1.82, 2.24) is 15.2 Å². The van der Waals surface area contributed by atoms with Crippen LogP contribution in [0.15, 0.2) is 53.6 Å². The molecule has 1 aromatic carbocycles. The molecule has 2 aromatic heterocycles. The van der Waals surface area contributed by atoms with Crippen LogP contribution >= 0.6 is 0 Å². The molecule has 3 aromatic rings. The molecule has 38 heavy (non-hydrogen) atoms. The van der Waals surface area contributed by atoms with Crippen molar-refractivity contribution in [2.45, 2.75) is 31.5 Å². The maximum atomic E-state index is 13.5. The van der Waals surface area contributed by atoms with Gasteiger partial charge in [0.25, 0.3) is 5.56 Å². The van der Waals surface area contributed by atoms with E-state index < -0.39 is 17.3 Å². The number of carbonyl (C=O) groups is 1. The van der Waals surface area contributed by atoms with Crippen molar-refractivity contribution in [3.63, 3.8) is 0 Å². The number of H-pyrrole nitrogens is 1. The molecule has 3 heterocycles. The Hall–Kier alpha value is -4.60. The third kappa shape index (κ3) is 6.58. The Bertz CT molecular complexity index is 1370. The first-order valence-electron chi connectivity index (χ1n) is 11.8. The van der Waals surface area contributed by atoms with E-state index >= 15 is 0 Å². The Morgan fingerprint density at radius 1 is 1.26 bits per heavy atom. The number of ether oxygens (including phenoxy) is 1. The summed E-state index contributed by atoms with van der Waals surface area (Å²) in [6, 6.07) is 11.6. The predicted octanol–water partition coefficient (Wildman–Crippen LogP) is 3.54. The number of rotatable bonds is 9. The second-order valence-electron chi connectivity index (χ2n) is 8.55. The van der Waals surface area contributed by atoms with E-state index in [1.165, 1.54) is 11.1 Å². The number of nitrogens with zero attached hydrogens (tertiary/aromatic N) is 4. The summed E-state index contributed by atoms with van der Waals surface area (Å²) in [5, 5.41) is 20.0. The average Bonchev–Trinajstić information content (AvgIpc) is 3.36. The molecule has 1 aliphatic rings. The first-order valence-corrected chi connectivity index (χ1v) is 11.8. The summed E-state index contributed by atoms with van der Waals surface area (Å²) in [7, 11) is 0. The fourth-order valence-electron chi connectivity index (χ4n) is 4.15. The molecule has 0 aliphatic carbocycles. The summed E-state index contributed by atoms with van der Waals surface area (Å²) in [5.41, 5.74) is -1.88. The number of nitrogens with one attached hydrogen (secondary N) is 3. The standard InChI is InChI=1S/C25H24F3N7O3/c26-25(27,28)23-20(14-32-34-24(23)37)35-10-2-4-18(35)15-38-19-5-1-3-17(11-19)33-22(36)8-9-30-21-7-6-16(12-29)13-31-21/h1,3,5-7,11,13-14,18H,2,4,8-10,15H2,(H,30,31)(H,33,36)(H,34,37)/t18-/m0/s1. The average molecular weight is 528 g/mol. The molecular formula is C25H24F3N7O3. The van der Waals surface area contributed by atoms with Gasteiger partial charge in [-0.05, 0) is 37.1 Å². The van der Waals surface area contributed by atoms with Crippen molar-refractivity contribution in [3.8, 4) is 11.8 Å². The lowest BCUT2D eigenvalue weighted by atomic mass is 10.2. The molecule has 0 radical (unpaired) electrons. The van der Waals surface area contributed by atoms with Gasteiger partial charge in [0, 0.05) is 37.5 Å². The molecule has 0 spiro atoms. The van der Waals surface area contributed by atoms with E-state index in [2.05, 4.69) is 20.7 Å². The molecule has 1 aliphatic heterocycles. The molecule has 0 bridgehead atoms. The van der Waals surface area contributed by atoms with Crippen molar-refractivity contribution >= 4 is 23.1 Å². The number of anilines is 3. The van der Waals surface area contributed by atoms with Crippen molar-refractivity contribution < 1.29 is 22.7 Å². The summed E-state index contributed by atoms with van der Waals surface area (Å²) in [5.74, 6) is 0.743. The minimum atomic E-state index is -4.82. The van der Waals surface area contributed by atoms with Gasteiger partial charge in [-0.25, -0.2) is 10.1 Å². The minimum absolute atomic E-state index is 0.0863. The van der Waals surface area contributed by atoms with Crippen LogP contribution in [0.25, 0.3) is 0 Å². The minimum Gasteiger partial charge on any atom is -0.491 e. The number of amides is 1. The topological polar surface area (TPSA) is 136 Å². The smallest absolute Gasteiger partial charge is 0.423 e. The van der Waals surface area contributed by atoms with E-state index in [9.17, 15) is 22.8 Å². The van der Waals surface area contributed by atoms with Crippen molar-refractivity contribution in [2.24, 2.45) is 0 Å². The zero-order valence-corrected chi connectivity index (χ0v) is 20.1. The van der Waals surface area contributed by atoms with Crippen LogP contribution in [0.2, 0.25) is 0 Å². The van der Waals surface area contributed by atoms with Gasteiger partial charge >= 0.3 is 6.18 Å². The zero-order valence-electron chi connectivity index (χ0n) is 20.1. The van der Waals surface area contributed by atoms with E-state index in [0.717, 1.165) is 6.20 Å². The number of pyridine rings is 1. The van der Waals surface area contributed by atoms with Gasteiger partial charge in [-0.2, -0.15) is 23.5 Å². The van der Waals surface area contributed by atoms with E-state index in [4.69, 9.17) is 10.00 Å². The molecule has 1 saturated heterocycles. The number of aromatic nitrogens is 3. The van der Waals surface area contributed by atoms with E-state index in [1.807, 2.05) is 11.2 Å². The van der Waals surface area contributed by atoms with Gasteiger partial charge in [0.1, 0.15) is 29.8 Å². The Kier molecular flexibility index (Phi) is 8.10. The second-order valence-corrected chi connectivity index (χ2v) is 8.55. The summed E-state index contributed by atoms with van der Waals surface area (Å²) in [4.78, 5) is 29.8. The Morgan fingerprint density at radius 3 is 2.84 bits per heavy atom. The highest BCUT2D eigenvalue weighted by Crippen LogP contribution is 2.36. The van der Waals surface area contributed by atoms with Gasteiger partial charge in [-0.15, -0.1) is 0 Å². The Labute approximate surface area is 215 Å². The van der Waals surface area contributed by atoms with Gasteiger partial charge in [-0.3, -0.25) is 9.59 Å². The molecule has 198 valence electrons. The number of alkyl halides is 3. The number of nitriles is 1. The van der Waals surface area contributed by atoms with Crippen molar-refractivity contribution in [1.29, 1.82) is 5.26 Å². The zero-order chi connectivity index (χ0) is 27.1. The summed E-state index contributed by atoms with van der Waals surface area (Å²) in [6.45, 7) is 0.753. The van der Waals surface area contributed by atoms with Crippen LogP contribution in [0.5, 0.6) is 5.75 Å². The highest BCUT2D eigenvalue weighted by Gasteiger charge is 2.40. The molecule has 0 saturated carbocycles. The van der Waals surface area contributed by atoms with Crippen LogP contribution in [0, 0.1) is 11.3 Å². The monoisotopic (exact) mass is 527 g/mol. The molecule has 10 nitrogen and oxygen atoms in total. The number of carbonyl (C=O) groups excluding carboxylic acids is 1. The lowest BCUT2D eigenvalue weighted by Crippen LogP contribution is -2.37. The van der Waals surface area contributed by atoms with Crippen LogP contribution in [0.3, 0.4) is 0 Å². The molecule has 1 amide bonds. The quantitative estimate of drug-likeness (QED) is 0.385. The third-order valence-corrected chi connectivity index (χ3v) is 5.92. The maximum absolute atomic E-state index is 13.5. The molecule has 13 heteroatoms. The lowest BCUT2D eigenvalue weighted by molar-refractivity contribution is -0.138. The second kappa shape index (κ2) is 11.6. The number of halogens is 3. The molecule has 0 unspecified atom stereocenters. The van der Waals surface area contributed by atoms with Crippen LogP contribution in [-0.4, -0.2) is 46.8 Å². The van der Waals surface area contributed by atoms with Gasteiger partial charge in [0.05, 0.1) is 23.5 Å². The van der Waals surface area contributed by atoms with Gasteiger partial charge in [-0.1, -0.05) is 6.07 Å². The normalized spacial score (nSPS) is 15.1. The van der Waals surface area contributed by atoms with Crippen molar-refractivity contribution in [3.05, 3.63) is 70.3 Å². The number of hydrogen-bond acceptors (Lipinski definition) is 8. The number of benzene rings is 1.